The van der Waals surface area contributed by atoms with Gasteiger partial charge < -0.3 is 10.8 Å². The molecule has 7 heteroatoms. The van der Waals surface area contributed by atoms with E-state index in [-0.39, 0.29) is 18.2 Å². The third-order valence-corrected chi connectivity index (χ3v) is 5.79. The number of amides is 3. The summed E-state index contributed by atoms with van der Waals surface area (Å²) in [5.41, 5.74) is 6.47. The molecule has 7 nitrogen and oxygen atoms in total. The maximum Gasteiger partial charge on any atom is 0.307 e. The van der Waals surface area contributed by atoms with Gasteiger partial charge in [-0.05, 0) is 24.3 Å². The van der Waals surface area contributed by atoms with E-state index in [4.69, 9.17) is 5.73 Å². The minimum atomic E-state index is -1.24. The van der Waals surface area contributed by atoms with Gasteiger partial charge in [-0.1, -0.05) is 50.6 Å². The second-order valence-electron chi connectivity index (χ2n) is 7.37. The zero-order valence-electron chi connectivity index (χ0n) is 16.5. The van der Waals surface area contributed by atoms with E-state index in [2.05, 4.69) is 0 Å². The second-order valence-corrected chi connectivity index (χ2v) is 7.37. The second kappa shape index (κ2) is 8.99. The summed E-state index contributed by atoms with van der Waals surface area (Å²) < 4.78 is 0. The highest BCUT2D eigenvalue weighted by molar-refractivity contribution is 6.07. The van der Waals surface area contributed by atoms with E-state index in [1.54, 1.807) is 6.92 Å². The van der Waals surface area contributed by atoms with Crippen molar-refractivity contribution in [3.8, 4) is 0 Å². The van der Waals surface area contributed by atoms with Crippen LogP contribution < -0.4 is 5.73 Å². The minimum Gasteiger partial charge on any atom is -0.481 e. The molecule has 152 valence electrons. The van der Waals surface area contributed by atoms with E-state index in [0.29, 0.717) is 6.42 Å². The van der Waals surface area contributed by atoms with Crippen LogP contribution in [-0.4, -0.2) is 40.7 Å². The van der Waals surface area contributed by atoms with Crippen molar-refractivity contribution in [1.82, 2.24) is 4.90 Å². The lowest BCUT2D eigenvalue weighted by Crippen LogP contribution is -2.44. The van der Waals surface area contributed by atoms with Crippen LogP contribution in [0.1, 0.15) is 44.6 Å². The number of benzene rings is 1. The third-order valence-electron chi connectivity index (χ3n) is 5.79. The number of hydrogen-bond acceptors (Lipinski definition) is 4. The van der Waals surface area contributed by atoms with Crippen molar-refractivity contribution < 1.29 is 24.3 Å². The molecule has 1 heterocycles. The number of carboxylic acid groups (broad SMARTS) is 1. The molecule has 3 N–H and O–H groups in total. The summed E-state index contributed by atoms with van der Waals surface area (Å²) in [5.74, 6) is -7.51. The van der Waals surface area contributed by atoms with Gasteiger partial charge in [-0.25, -0.2) is 0 Å². The van der Waals surface area contributed by atoms with Gasteiger partial charge in [0.05, 0.1) is 23.7 Å². The lowest BCUT2D eigenvalue weighted by molar-refractivity contribution is -0.150. The molecule has 1 aromatic rings. The normalized spacial score (nSPS) is 22.8. The maximum absolute atomic E-state index is 13.0. The van der Waals surface area contributed by atoms with Crippen molar-refractivity contribution in [1.29, 1.82) is 0 Å². The molecule has 3 amide bonds. The molecule has 1 aliphatic rings. The Labute approximate surface area is 164 Å². The number of aliphatic carboxylic acids is 1. The summed E-state index contributed by atoms with van der Waals surface area (Å²) in [6.07, 6.45) is 1.54. The van der Waals surface area contributed by atoms with E-state index in [1.807, 2.05) is 37.3 Å². The van der Waals surface area contributed by atoms with E-state index < -0.39 is 41.5 Å². The molecule has 5 unspecified atom stereocenters. The van der Waals surface area contributed by atoms with Crippen molar-refractivity contribution in [2.24, 2.45) is 29.4 Å². The Bertz CT molecular complexity index is 748. The monoisotopic (exact) mass is 388 g/mol. The smallest absolute Gasteiger partial charge is 0.307 e. The van der Waals surface area contributed by atoms with Crippen LogP contribution in [0.5, 0.6) is 0 Å². The van der Waals surface area contributed by atoms with Crippen LogP contribution in [0.15, 0.2) is 30.3 Å². The molecule has 0 radical (unpaired) electrons. The number of carboxylic acids is 1. The number of primary amides is 1. The van der Waals surface area contributed by atoms with Gasteiger partial charge in [0.2, 0.25) is 17.7 Å². The van der Waals surface area contributed by atoms with Crippen molar-refractivity contribution in [2.45, 2.75) is 39.0 Å². The fourth-order valence-electron chi connectivity index (χ4n) is 4.43. The van der Waals surface area contributed by atoms with Crippen LogP contribution in [0.4, 0.5) is 0 Å². The number of carbonyl (C=O) groups excluding carboxylic acids is 3. The molecule has 0 saturated carbocycles. The number of nitrogens with zero attached hydrogens (tertiary/aromatic N) is 1. The molecule has 1 fully saturated rings. The molecule has 2 rings (SSSR count). The SMILES string of the molecule is CCCC(c1ccccc1)C1C(=O)N(C)C(=O)C1C(C(N)=O)C(CC)C(=O)O. The first-order valence-corrected chi connectivity index (χ1v) is 9.64. The number of likely N-dealkylation sites (tertiary alicyclic amines) is 1. The van der Waals surface area contributed by atoms with E-state index in [9.17, 15) is 24.3 Å². The molecule has 1 saturated heterocycles. The van der Waals surface area contributed by atoms with Gasteiger partial charge in [-0.2, -0.15) is 0 Å². The highest BCUT2D eigenvalue weighted by Crippen LogP contribution is 2.45. The summed E-state index contributed by atoms with van der Waals surface area (Å²) in [6, 6.07) is 9.36. The Morgan fingerprint density at radius 3 is 2.14 bits per heavy atom. The number of nitrogens with two attached hydrogens (primary N) is 1. The highest BCUT2D eigenvalue weighted by Gasteiger charge is 2.56. The topological polar surface area (TPSA) is 118 Å². The molecule has 1 aliphatic heterocycles. The van der Waals surface area contributed by atoms with Crippen LogP contribution in [0.25, 0.3) is 0 Å². The van der Waals surface area contributed by atoms with Crippen molar-refractivity contribution in [2.75, 3.05) is 7.05 Å². The van der Waals surface area contributed by atoms with Crippen molar-refractivity contribution in [3.63, 3.8) is 0 Å². The van der Waals surface area contributed by atoms with Crippen LogP contribution in [0.3, 0.4) is 0 Å². The van der Waals surface area contributed by atoms with Gasteiger partial charge in [0.25, 0.3) is 0 Å². The summed E-state index contributed by atoms with van der Waals surface area (Å²) >= 11 is 0. The Hall–Kier alpha value is -2.70. The van der Waals surface area contributed by atoms with Gasteiger partial charge in [0, 0.05) is 7.05 Å². The Morgan fingerprint density at radius 1 is 1.11 bits per heavy atom. The first kappa shape index (κ1) is 21.6. The maximum atomic E-state index is 13.0. The van der Waals surface area contributed by atoms with E-state index >= 15 is 0 Å². The van der Waals surface area contributed by atoms with Crippen LogP contribution in [0, 0.1) is 23.7 Å². The van der Waals surface area contributed by atoms with Crippen molar-refractivity contribution in [3.05, 3.63) is 35.9 Å². The molecule has 28 heavy (non-hydrogen) atoms. The lowest BCUT2D eigenvalue weighted by Gasteiger charge is -2.31. The molecule has 0 spiro atoms. The Kier molecular flexibility index (Phi) is 6.94. The van der Waals surface area contributed by atoms with E-state index in [1.165, 1.54) is 7.05 Å². The largest absolute Gasteiger partial charge is 0.481 e. The lowest BCUT2D eigenvalue weighted by atomic mass is 9.68. The van der Waals surface area contributed by atoms with Crippen LogP contribution in [-0.2, 0) is 19.2 Å². The number of imide groups is 1. The molecule has 1 aromatic carbocycles. The zero-order valence-corrected chi connectivity index (χ0v) is 16.5. The average molecular weight is 388 g/mol. The molecule has 0 bridgehead atoms. The summed E-state index contributed by atoms with van der Waals surface area (Å²) in [7, 11) is 1.38. The number of carbonyl (C=O) groups is 4. The van der Waals surface area contributed by atoms with Gasteiger partial charge in [0.1, 0.15) is 0 Å². The highest BCUT2D eigenvalue weighted by atomic mass is 16.4. The summed E-state index contributed by atoms with van der Waals surface area (Å²) in [4.78, 5) is 51.1. The van der Waals surface area contributed by atoms with Gasteiger partial charge in [-0.15, -0.1) is 0 Å². The van der Waals surface area contributed by atoms with Gasteiger partial charge in [0.15, 0.2) is 0 Å². The summed E-state index contributed by atoms with van der Waals surface area (Å²) in [5, 5.41) is 9.60. The fraction of sp³-hybridized carbons (Fsp3) is 0.524. The van der Waals surface area contributed by atoms with Crippen LogP contribution in [0.2, 0.25) is 0 Å². The number of rotatable bonds is 9. The zero-order chi connectivity index (χ0) is 21.0. The van der Waals surface area contributed by atoms with E-state index in [0.717, 1.165) is 16.9 Å². The third kappa shape index (κ3) is 3.93. The number of hydrogen-bond donors (Lipinski definition) is 2. The minimum absolute atomic E-state index is 0.140. The van der Waals surface area contributed by atoms with Crippen molar-refractivity contribution >= 4 is 23.7 Å². The van der Waals surface area contributed by atoms with Gasteiger partial charge >= 0.3 is 5.97 Å². The van der Waals surface area contributed by atoms with Crippen LogP contribution >= 0.6 is 0 Å². The standard InChI is InChI=1S/C21H28N2O5/c1-4-9-14(12-10-7-6-8-11-12)16-17(20(26)23(3)19(16)25)15(18(22)24)13(5-2)21(27)28/h6-8,10-11,13-17H,4-5,9H2,1-3H3,(H2,22,24)(H,27,28). The molecular weight excluding hydrogens is 360 g/mol. The first-order chi connectivity index (χ1) is 13.3. The predicted octanol–water partition coefficient (Wildman–Crippen LogP) is 2.01. The Balaban J connectivity index is 2.60. The Morgan fingerprint density at radius 2 is 1.68 bits per heavy atom. The molecular formula is C21H28N2O5. The molecule has 5 atom stereocenters. The average Bonchev–Trinajstić information content (AvgIpc) is 2.88. The summed E-state index contributed by atoms with van der Waals surface area (Å²) in [6.45, 7) is 3.61. The quantitative estimate of drug-likeness (QED) is 0.628. The fourth-order valence-corrected chi connectivity index (χ4v) is 4.43. The molecule has 0 aliphatic carbocycles. The predicted molar refractivity (Wildman–Crippen MR) is 103 cm³/mol. The molecule has 0 aromatic heterocycles. The first-order valence-electron chi connectivity index (χ1n) is 9.64. The van der Waals surface area contributed by atoms with Gasteiger partial charge in [-0.3, -0.25) is 24.1 Å².